The Morgan fingerprint density at radius 3 is 2.44 bits per heavy atom. The molecule has 1 unspecified atom stereocenters. The van der Waals surface area contributed by atoms with E-state index in [1.54, 1.807) is 18.2 Å². The Bertz CT molecular complexity index is 1250. The second-order valence-corrected chi connectivity index (χ2v) is 10.7. The van der Waals surface area contributed by atoms with Crippen LogP contribution >= 0.6 is 15.9 Å². The number of aryl methyl sites for hydroxylation is 2. The summed E-state index contributed by atoms with van der Waals surface area (Å²) in [5, 5.41) is 2.33. The molecule has 0 aromatic heterocycles. The number of amides is 4. The van der Waals surface area contributed by atoms with E-state index in [4.69, 9.17) is 0 Å². The van der Waals surface area contributed by atoms with Crippen LogP contribution in [0.1, 0.15) is 62.3 Å². The van der Waals surface area contributed by atoms with Crippen molar-refractivity contribution in [2.24, 2.45) is 0 Å². The van der Waals surface area contributed by atoms with Crippen LogP contribution in [-0.4, -0.2) is 29.9 Å². The van der Waals surface area contributed by atoms with Crippen molar-refractivity contribution < 1.29 is 14.4 Å². The van der Waals surface area contributed by atoms with Gasteiger partial charge >= 0.3 is 6.03 Å². The molecule has 7 heteroatoms. The maximum absolute atomic E-state index is 13.4. The van der Waals surface area contributed by atoms with Gasteiger partial charge < -0.3 is 4.90 Å². The predicted octanol–water partition coefficient (Wildman–Crippen LogP) is 5.84. The van der Waals surface area contributed by atoms with Crippen LogP contribution in [0.3, 0.4) is 0 Å². The molecule has 0 radical (unpaired) electrons. The quantitative estimate of drug-likeness (QED) is 0.405. The highest BCUT2D eigenvalue weighted by Crippen LogP contribution is 2.44. The van der Waals surface area contributed by atoms with E-state index in [-0.39, 0.29) is 11.1 Å². The average Bonchev–Trinajstić information content (AvgIpc) is 2.72. The molecular weight excluding hydrogens is 494 g/mol. The molecule has 2 aromatic rings. The van der Waals surface area contributed by atoms with Crippen LogP contribution in [0.5, 0.6) is 0 Å². The number of barbiturate groups is 1. The number of anilines is 2. The maximum Gasteiger partial charge on any atom is 0.335 e. The lowest BCUT2D eigenvalue weighted by atomic mass is 9.79. The van der Waals surface area contributed by atoms with Gasteiger partial charge in [0.1, 0.15) is 5.57 Å². The molecule has 6 nitrogen and oxygen atoms in total. The summed E-state index contributed by atoms with van der Waals surface area (Å²) in [7, 11) is 0. The van der Waals surface area contributed by atoms with Crippen LogP contribution in [0.4, 0.5) is 16.2 Å². The molecule has 1 saturated heterocycles. The van der Waals surface area contributed by atoms with Crippen LogP contribution in [0.25, 0.3) is 6.08 Å². The van der Waals surface area contributed by atoms with Gasteiger partial charge in [0.2, 0.25) is 0 Å². The number of carbonyl (C=O) groups excluding carboxylic acids is 3. The molecule has 2 aliphatic rings. The number of imide groups is 2. The number of rotatable bonds is 3. The molecule has 0 bridgehead atoms. The third kappa shape index (κ3) is 4.06. The van der Waals surface area contributed by atoms with E-state index < -0.39 is 17.8 Å². The summed E-state index contributed by atoms with van der Waals surface area (Å²) in [5.74, 6) is -0.965. The predicted molar refractivity (Wildman–Crippen MR) is 139 cm³/mol. The van der Waals surface area contributed by atoms with Crippen molar-refractivity contribution in [3.63, 3.8) is 0 Å². The zero-order chi connectivity index (χ0) is 24.9. The number of hydrogen-bond donors (Lipinski definition) is 1. The van der Waals surface area contributed by atoms with Gasteiger partial charge in [-0.25, -0.2) is 9.69 Å². The molecule has 0 saturated carbocycles. The van der Waals surface area contributed by atoms with Crippen molar-refractivity contribution in [3.8, 4) is 0 Å². The number of carbonyl (C=O) groups is 3. The molecule has 0 aliphatic carbocycles. The largest absolute Gasteiger partial charge is 0.366 e. The van der Waals surface area contributed by atoms with E-state index in [1.807, 2.05) is 19.9 Å². The van der Waals surface area contributed by atoms with E-state index in [1.165, 1.54) is 11.3 Å². The standard InChI is InChI=1S/C27H30BrN3O3/c1-7-30-23-11-15(2)18(12-20(23)17(4)14-27(30,5)6)13-21-24(32)29-26(34)31(25(21)33)22-9-8-19(28)10-16(22)3/h8-13,17H,7,14H2,1-6H3,(H,29,32,34)/b21-13+. The lowest BCUT2D eigenvalue weighted by molar-refractivity contribution is -0.122. The number of urea groups is 1. The molecule has 4 amide bonds. The minimum Gasteiger partial charge on any atom is -0.366 e. The summed E-state index contributed by atoms with van der Waals surface area (Å²) in [6, 6.07) is 8.78. The molecule has 2 heterocycles. The summed E-state index contributed by atoms with van der Waals surface area (Å²) >= 11 is 3.40. The average molecular weight is 524 g/mol. The summed E-state index contributed by atoms with van der Waals surface area (Å²) < 4.78 is 0.841. The van der Waals surface area contributed by atoms with E-state index in [0.717, 1.165) is 39.0 Å². The van der Waals surface area contributed by atoms with Crippen LogP contribution in [0.15, 0.2) is 40.4 Å². The van der Waals surface area contributed by atoms with Gasteiger partial charge in [0.25, 0.3) is 11.8 Å². The molecule has 4 rings (SSSR count). The minimum absolute atomic E-state index is 0.0518. The van der Waals surface area contributed by atoms with Gasteiger partial charge in [-0.2, -0.15) is 0 Å². The van der Waals surface area contributed by atoms with Crippen molar-refractivity contribution in [2.75, 3.05) is 16.3 Å². The first-order chi connectivity index (χ1) is 15.9. The van der Waals surface area contributed by atoms with Gasteiger partial charge in [-0.3, -0.25) is 14.9 Å². The fourth-order valence-corrected chi connectivity index (χ4v) is 5.78. The Morgan fingerprint density at radius 1 is 1.09 bits per heavy atom. The SMILES string of the molecule is CCN1c2cc(C)c(/C=C3\C(=O)NC(=O)N(c4ccc(Br)cc4C)C3=O)cc2C(C)CC1(C)C. The molecule has 34 heavy (non-hydrogen) atoms. The van der Waals surface area contributed by atoms with Gasteiger partial charge in [-0.15, -0.1) is 0 Å². The molecule has 178 valence electrons. The maximum atomic E-state index is 13.4. The Labute approximate surface area is 209 Å². The van der Waals surface area contributed by atoms with Crippen molar-refractivity contribution >= 4 is 51.2 Å². The number of nitrogens with zero attached hydrogens (tertiary/aromatic N) is 2. The fraction of sp³-hybridized carbons (Fsp3) is 0.370. The highest BCUT2D eigenvalue weighted by Gasteiger charge is 2.38. The first-order valence-corrected chi connectivity index (χ1v) is 12.3. The molecule has 1 N–H and O–H groups in total. The van der Waals surface area contributed by atoms with Crippen molar-refractivity contribution in [3.05, 3.63) is 62.6 Å². The highest BCUT2D eigenvalue weighted by molar-refractivity contribution is 9.10. The van der Waals surface area contributed by atoms with Crippen LogP contribution in [0, 0.1) is 13.8 Å². The van der Waals surface area contributed by atoms with Crippen LogP contribution in [-0.2, 0) is 9.59 Å². The summed E-state index contributed by atoms with van der Waals surface area (Å²) in [5.41, 5.74) is 5.37. The highest BCUT2D eigenvalue weighted by atomic mass is 79.9. The Hall–Kier alpha value is -2.93. The van der Waals surface area contributed by atoms with E-state index >= 15 is 0 Å². The normalized spacial score (nSPS) is 21.1. The van der Waals surface area contributed by atoms with Crippen molar-refractivity contribution in [2.45, 2.75) is 59.4 Å². The molecule has 1 fully saturated rings. The first-order valence-electron chi connectivity index (χ1n) is 11.5. The van der Waals surface area contributed by atoms with E-state index in [9.17, 15) is 14.4 Å². The van der Waals surface area contributed by atoms with Gasteiger partial charge in [0.05, 0.1) is 5.69 Å². The minimum atomic E-state index is -0.742. The topological polar surface area (TPSA) is 69.7 Å². The fourth-order valence-electron chi connectivity index (χ4n) is 5.31. The molecule has 2 aliphatic heterocycles. The Morgan fingerprint density at radius 2 is 1.79 bits per heavy atom. The number of nitrogens with one attached hydrogen (secondary N) is 1. The Balaban J connectivity index is 1.79. The second-order valence-electron chi connectivity index (χ2n) is 9.82. The molecule has 1 atom stereocenters. The third-order valence-corrected chi connectivity index (χ3v) is 7.38. The summed E-state index contributed by atoms with van der Waals surface area (Å²) in [4.78, 5) is 42.2. The van der Waals surface area contributed by atoms with Gasteiger partial charge in [-0.05, 0) is 106 Å². The zero-order valence-corrected chi connectivity index (χ0v) is 22.0. The second kappa shape index (κ2) is 8.69. The van der Waals surface area contributed by atoms with E-state index in [0.29, 0.717) is 11.6 Å². The monoisotopic (exact) mass is 523 g/mol. The van der Waals surface area contributed by atoms with Gasteiger partial charge in [0.15, 0.2) is 0 Å². The lowest BCUT2D eigenvalue weighted by Gasteiger charge is -2.47. The lowest BCUT2D eigenvalue weighted by Crippen LogP contribution is -2.54. The van der Waals surface area contributed by atoms with Gasteiger partial charge in [0, 0.05) is 22.2 Å². The molecule has 2 aromatic carbocycles. The molecule has 0 spiro atoms. The van der Waals surface area contributed by atoms with Crippen molar-refractivity contribution in [1.29, 1.82) is 0 Å². The van der Waals surface area contributed by atoms with Crippen molar-refractivity contribution in [1.82, 2.24) is 5.32 Å². The first kappa shape index (κ1) is 24.2. The van der Waals surface area contributed by atoms with E-state index in [2.05, 4.69) is 66.0 Å². The number of halogens is 1. The third-order valence-electron chi connectivity index (χ3n) is 6.89. The van der Waals surface area contributed by atoms with Gasteiger partial charge in [-0.1, -0.05) is 22.9 Å². The number of fused-ring (bicyclic) bond motifs is 1. The summed E-state index contributed by atoms with van der Waals surface area (Å²) in [6.07, 6.45) is 2.63. The van der Waals surface area contributed by atoms with Crippen LogP contribution in [0.2, 0.25) is 0 Å². The zero-order valence-electron chi connectivity index (χ0n) is 20.5. The van der Waals surface area contributed by atoms with Crippen LogP contribution < -0.4 is 15.1 Å². The smallest absolute Gasteiger partial charge is 0.335 e. The number of hydrogen-bond acceptors (Lipinski definition) is 4. The number of benzene rings is 2. The Kier molecular flexibility index (Phi) is 6.19. The summed E-state index contributed by atoms with van der Waals surface area (Å²) in [6.45, 7) is 13.6. The molecular formula is C27H30BrN3O3.